The van der Waals surface area contributed by atoms with E-state index >= 15 is 0 Å². The average molecular weight is 366 g/mol. The number of amides is 1. The molecule has 9 heteroatoms. The number of carbonyl (C=O) groups is 1. The van der Waals surface area contributed by atoms with Crippen LogP contribution in [-0.2, 0) is 28.3 Å². The second-order valence-electron chi connectivity index (χ2n) is 5.72. The van der Waals surface area contributed by atoms with Crippen molar-refractivity contribution in [2.24, 2.45) is 7.05 Å². The molecule has 0 atom stereocenters. The maximum atomic E-state index is 12.2. The Morgan fingerprint density at radius 3 is 2.64 bits per heavy atom. The fourth-order valence-corrected chi connectivity index (χ4v) is 3.16. The molecule has 1 heterocycles. The Morgan fingerprint density at radius 2 is 2.08 bits per heavy atom. The van der Waals surface area contributed by atoms with Gasteiger partial charge in [0.2, 0.25) is 15.9 Å². The van der Waals surface area contributed by atoms with E-state index < -0.39 is 10.0 Å². The molecule has 1 aromatic heterocycles. The molecule has 0 aliphatic carbocycles. The van der Waals surface area contributed by atoms with Gasteiger partial charge in [-0.25, -0.2) is 12.7 Å². The van der Waals surface area contributed by atoms with Gasteiger partial charge in [0.25, 0.3) is 0 Å². The summed E-state index contributed by atoms with van der Waals surface area (Å²) < 4.78 is 32.5. The van der Waals surface area contributed by atoms with Gasteiger partial charge in [-0.2, -0.15) is 5.10 Å². The molecule has 1 N–H and O–H groups in total. The van der Waals surface area contributed by atoms with E-state index in [1.165, 1.54) is 39.4 Å². The standard InChI is InChI=1S/C16H22N4O4S/c1-19(2)25(22,23)13-6-7-15(24-4)14(9-13)18-16(21)8-5-12-10-17-20(3)11-12/h6-7,9-11H,5,8H2,1-4H3,(H,18,21). The number of methoxy groups -OCH3 is 1. The molecule has 1 aromatic carbocycles. The van der Waals surface area contributed by atoms with E-state index in [1.807, 2.05) is 13.2 Å². The zero-order valence-electron chi connectivity index (χ0n) is 14.7. The molecule has 0 bridgehead atoms. The maximum Gasteiger partial charge on any atom is 0.242 e. The molecule has 0 spiro atoms. The summed E-state index contributed by atoms with van der Waals surface area (Å²) in [5, 5.41) is 6.77. The molecule has 25 heavy (non-hydrogen) atoms. The molecule has 0 saturated carbocycles. The fraction of sp³-hybridized carbons (Fsp3) is 0.375. The predicted octanol–water partition coefficient (Wildman–Crippen LogP) is 1.25. The van der Waals surface area contributed by atoms with Crippen LogP contribution in [0.1, 0.15) is 12.0 Å². The molecule has 0 radical (unpaired) electrons. The first kappa shape index (κ1) is 18.9. The SMILES string of the molecule is COc1ccc(S(=O)(=O)N(C)C)cc1NC(=O)CCc1cnn(C)c1. The van der Waals surface area contributed by atoms with Gasteiger partial charge in [-0.1, -0.05) is 0 Å². The van der Waals surface area contributed by atoms with E-state index in [0.29, 0.717) is 17.9 Å². The highest BCUT2D eigenvalue weighted by molar-refractivity contribution is 7.89. The van der Waals surface area contributed by atoms with Gasteiger partial charge in [0.05, 0.1) is 23.9 Å². The largest absolute Gasteiger partial charge is 0.495 e. The van der Waals surface area contributed by atoms with Gasteiger partial charge < -0.3 is 10.1 Å². The van der Waals surface area contributed by atoms with E-state index in [-0.39, 0.29) is 17.2 Å². The smallest absolute Gasteiger partial charge is 0.242 e. The van der Waals surface area contributed by atoms with E-state index in [9.17, 15) is 13.2 Å². The highest BCUT2D eigenvalue weighted by atomic mass is 32.2. The predicted molar refractivity (Wildman–Crippen MR) is 94.0 cm³/mol. The summed E-state index contributed by atoms with van der Waals surface area (Å²) in [6.45, 7) is 0. The Kier molecular flexibility index (Phi) is 5.81. The van der Waals surface area contributed by atoms with Gasteiger partial charge >= 0.3 is 0 Å². The minimum Gasteiger partial charge on any atom is -0.495 e. The number of benzene rings is 1. The topological polar surface area (TPSA) is 93.5 Å². The van der Waals surface area contributed by atoms with Gasteiger partial charge in [0, 0.05) is 33.8 Å². The van der Waals surface area contributed by atoms with Crippen LogP contribution in [0.2, 0.25) is 0 Å². The Morgan fingerprint density at radius 1 is 1.36 bits per heavy atom. The highest BCUT2D eigenvalue weighted by Crippen LogP contribution is 2.28. The van der Waals surface area contributed by atoms with Crippen LogP contribution in [0.25, 0.3) is 0 Å². The molecule has 1 amide bonds. The van der Waals surface area contributed by atoms with Crippen LogP contribution < -0.4 is 10.1 Å². The first-order valence-electron chi connectivity index (χ1n) is 7.62. The normalized spacial score (nSPS) is 11.6. The molecular formula is C16H22N4O4S. The van der Waals surface area contributed by atoms with Gasteiger partial charge in [0.1, 0.15) is 5.75 Å². The summed E-state index contributed by atoms with van der Waals surface area (Å²) in [4.78, 5) is 12.3. The number of aryl methyl sites for hydroxylation is 2. The Labute approximate surface area is 147 Å². The van der Waals surface area contributed by atoms with Crippen LogP contribution in [0.4, 0.5) is 5.69 Å². The summed E-state index contributed by atoms with van der Waals surface area (Å²) in [6.07, 6.45) is 4.34. The zero-order valence-corrected chi connectivity index (χ0v) is 15.5. The number of ether oxygens (including phenoxy) is 1. The van der Waals surface area contributed by atoms with Crippen molar-refractivity contribution < 1.29 is 17.9 Å². The van der Waals surface area contributed by atoms with Crippen LogP contribution in [-0.4, -0.2) is 49.6 Å². The molecule has 0 fully saturated rings. The number of sulfonamides is 1. The molecular weight excluding hydrogens is 344 g/mol. The van der Waals surface area contributed by atoms with Crippen LogP contribution >= 0.6 is 0 Å². The molecule has 0 saturated heterocycles. The van der Waals surface area contributed by atoms with E-state index in [1.54, 1.807) is 10.9 Å². The van der Waals surface area contributed by atoms with E-state index in [4.69, 9.17) is 4.74 Å². The summed E-state index contributed by atoms with van der Waals surface area (Å²) in [5.74, 6) is 0.161. The lowest BCUT2D eigenvalue weighted by atomic mass is 10.2. The quantitative estimate of drug-likeness (QED) is 0.796. The molecule has 0 unspecified atom stereocenters. The van der Waals surface area contributed by atoms with Crippen molar-refractivity contribution in [3.8, 4) is 5.75 Å². The Balaban J connectivity index is 2.15. The van der Waals surface area contributed by atoms with Crippen molar-refractivity contribution in [3.63, 3.8) is 0 Å². The monoisotopic (exact) mass is 366 g/mol. The highest BCUT2D eigenvalue weighted by Gasteiger charge is 2.19. The summed E-state index contributed by atoms with van der Waals surface area (Å²) in [5.41, 5.74) is 1.27. The molecule has 136 valence electrons. The maximum absolute atomic E-state index is 12.2. The van der Waals surface area contributed by atoms with Crippen molar-refractivity contribution in [3.05, 3.63) is 36.2 Å². The number of anilines is 1. The van der Waals surface area contributed by atoms with Crippen molar-refractivity contribution >= 4 is 21.6 Å². The first-order valence-corrected chi connectivity index (χ1v) is 9.06. The van der Waals surface area contributed by atoms with Crippen molar-refractivity contribution in [2.45, 2.75) is 17.7 Å². The van der Waals surface area contributed by atoms with Crippen molar-refractivity contribution in [1.29, 1.82) is 0 Å². The van der Waals surface area contributed by atoms with Crippen LogP contribution in [0, 0.1) is 0 Å². The molecule has 0 aliphatic heterocycles. The summed E-state index contributed by atoms with van der Waals surface area (Å²) >= 11 is 0. The van der Waals surface area contributed by atoms with Gasteiger partial charge in [-0.3, -0.25) is 9.48 Å². The van der Waals surface area contributed by atoms with E-state index in [2.05, 4.69) is 10.4 Å². The van der Waals surface area contributed by atoms with Crippen molar-refractivity contribution in [2.75, 3.05) is 26.5 Å². The van der Waals surface area contributed by atoms with Crippen LogP contribution in [0.15, 0.2) is 35.5 Å². The number of carbonyl (C=O) groups excluding carboxylic acids is 1. The number of hydrogen-bond donors (Lipinski definition) is 1. The third kappa shape index (κ3) is 4.58. The number of nitrogens with one attached hydrogen (secondary N) is 1. The van der Waals surface area contributed by atoms with Crippen LogP contribution in [0.3, 0.4) is 0 Å². The van der Waals surface area contributed by atoms with Crippen LogP contribution in [0.5, 0.6) is 5.75 Å². The molecule has 2 rings (SSSR count). The average Bonchev–Trinajstić information content (AvgIpc) is 2.98. The minimum absolute atomic E-state index is 0.0841. The lowest BCUT2D eigenvalue weighted by Gasteiger charge is -2.15. The van der Waals surface area contributed by atoms with Gasteiger partial charge in [-0.15, -0.1) is 0 Å². The number of nitrogens with zero attached hydrogens (tertiary/aromatic N) is 3. The number of hydrogen-bond acceptors (Lipinski definition) is 5. The zero-order chi connectivity index (χ0) is 18.6. The van der Waals surface area contributed by atoms with Gasteiger partial charge in [-0.05, 0) is 30.2 Å². The third-order valence-corrected chi connectivity index (χ3v) is 5.43. The summed E-state index contributed by atoms with van der Waals surface area (Å²) in [6, 6.07) is 4.36. The lowest BCUT2D eigenvalue weighted by molar-refractivity contribution is -0.116. The second kappa shape index (κ2) is 7.66. The molecule has 8 nitrogen and oxygen atoms in total. The van der Waals surface area contributed by atoms with E-state index in [0.717, 1.165) is 9.87 Å². The number of aromatic nitrogens is 2. The Bertz CT molecular complexity index is 859. The third-order valence-electron chi connectivity index (χ3n) is 3.62. The Hall–Kier alpha value is -2.39. The minimum atomic E-state index is -3.60. The lowest BCUT2D eigenvalue weighted by Crippen LogP contribution is -2.22. The second-order valence-corrected chi connectivity index (χ2v) is 7.87. The summed E-state index contributed by atoms with van der Waals surface area (Å²) in [7, 11) is 2.57. The van der Waals surface area contributed by atoms with Crippen molar-refractivity contribution in [1.82, 2.24) is 14.1 Å². The number of rotatable bonds is 7. The molecule has 2 aromatic rings. The molecule has 0 aliphatic rings. The first-order chi connectivity index (χ1) is 11.7. The fourth-order valence-electron chi connectivity index (χ4n) is 2.23. The van der Waals surface area contributed by atoms with Gasteiger partial charge in [0.15, 0.2) is 0 Å².